The van der Waals surface area contributed by atoms with Crippen molar-refractivity contribution in [3.05, 3.63) is 103 Å². The summed E-state index contributed by atoms with van der Waals surface area (Å²) < 4.78 is 0. The van der Waals surface area contributed by atoms with Crippen LogP contribution < -0.4 is 0 Å². The number of fused-ring (bicyclic) bond motifs is 5. The van der Waals surface area contributed by atoms with Crippen LogP contribution in [0.1, 0.15) is 54.3 Å². The second-order valence-corrected chi connectivity index (χ2v) is 11.4. The molecule has 3 aliphatic rings. The molecule has 0 unspecified atom stereocenters. The Hall–Kier alpha value is -2.16. The summed E-state index contributed by atoms with van der Waals surface area (Å²) in [6, 6.07) is 19.6. The minimum Gasteiger partial charge on any atom is -0.139 e. The second-order valence-electron chi connectivity index (χ2n) is 8.92. The van der Waals surface area contributed by atoms with E-state index in [2.05, 4.69) is 62.4 Å². The number of rotatable bonds is 2. The lowest BCUT2D eigenvalue weighted by atomic mass is 9.66. The zero-order chi connectivity index (χ0) is 19.3. The van der Waals surface area contributed by atoms with Crippen LogP contribution in [-0.2, 0) is 31.1 Å². The molecule has 0 saturated heterocycles. The topological polar surface area (TPSA) is 0 Å². The van der Waals surface area contributed by atoms with Crippen molar-refractivity contribution >= 4 is 22.7 Å². The van der Waals surface area contributed by atoms with Crippen LogP contribution in [0, 0.1) is 13.8 Å². The SMILES string of the molecule is Cc1cc2c(s1)-c1sc(C)cc1C2(c1ccc2c(c1)CC2)c1ccc2c(c1)CC2. The molecule has 3 aliphatic carbocycles. The average molecular weight is 411 g/mol. The smallest absolute Gasteiger partial charge is 0.0730 e. The maximum atomic E-state index is 2.52. The van der Waals surface area contributed by atoms with E-state index in [1.807, 2.05) is 22.7 Å². The second kappa shape index (κ2) is 5.50. The molecule has 2 aromatic heterocycles. The summed E-state index contributed by atoms with van der Waals surface area (Å²) in [5.41, 5.74) is 12.0. The van der Waals surface area contributed by atoms with Crippen LogP contribution >= 0.6 is 22.7 Å². The van der Waals surface area contributed by atoms with E-state index < -0.39 is 0 Å². The summed E-state index contributed by atoms with van der Waals surface area (Å²) in [7, 11) is 0. The normalized spacial score (nSPS) is 17.0. The first-order chi connectivity index (χ1) is 14.1. The van der Waals surface area contributed by atoms with Gasteiger partial charge in [0.25, 0.3) is 0 Å². The van der Waals surface area contributed by atoms with Gasteiger partial charge in [-0.05, 0) is 96.2 Å². The van der Waals surface area contributed by atoms with Crippen LogP contribution in [-0.4, -0.2) is 0 Å². The average Bonchev–Trinajstić information content (AvgIpc) is 3.28. The fourth-order valence-electron chi connectivity index (χ4n) is 5.71. The molecule has 0 spiro atoms. The first-order valence-electron chi connectivity index (χ1n) is 10.6. The van der Waals surface area contributed by atoms with Gasteiger partial charge in [-0.1, -0.05) is 36.4 Å². The Morgan fingerprint density at radius 2 is 1.03 bits per heavy atom. The van der Waals surface area contributed by atoms with Crippen molar-refractivity contribution in [3.63, 3.8) is 0 Å². The van der Waals surface area contributed by atoms with Gasteiger partial charge >= 0.3 is 0 Å². The highest BCUT2D eigenvalue weighted by molar-refractivity contribution is 7.22. The fraction of sp³-hybridized carbons (Fsp3) is 0.259. The first-order valence-corrected chi connectivity index (χ1v) is 12.2. The van der Waals surface area contributed by atoms with E-state index in [-0.39, 0.29) is 5.41 Å². The predicted molar refractivity (Wildman–Crippen MR) is 124 cm³/mol. The third kappa shape index (κ3) is 1.99. The van der Waals surface area contributed by atoms with Crippen LogP contribution in [0.25, 0.3) is 9.75 Å². The Morgan fingerprint density at radius 1 is 0.586 bits per heavy atom. The first kappa shape index (κ1) is 16.6. The van der Waals surface area contributed by atoms with Gasteiger partial charge in [-0.25, -0.2) is 0 Å². The molecule has 0 nitrogen and oxygen atoms in total. The third-order valence-electron chi connectivity index (χ3n) is 7.33. The quantitative estimate of drug-likeness (QED) is 0.294. The number of thiophene rings is 2. The molecule has 0 amide bonds. The summed E-state index contributed by atoms with van der Waals surface area (Å²) in [5.74, 6) is 0. The highest BCUT2D eigenvalue weighted by Crippen LogP contribution is 2.61. The van der Waals surface area contributed by atoms with E-state index in [0.717, 1.165) is 0 Å². The molecule has 2 aromatic carbocycles. The monoisotopic (exact) mass is 410 g/mol. The molecule has 0 N–H and O–H groups in total. The van der Waals surface area contributed by atoms with E-state index >= 15 is 0 Å². The molecular weight excluding hydrogens is 388 g/mol. The molecule has 2 heteroatoms. The highest BCUT2D eigenvalue weighted by Gasteiger charge is 2.49. The Balaban J connectivity index is 1.62. The standard InChI is InChI=1S/C27H22S2/c1-15-11-23-25(28-15)26-24(12-16(2)29-26)27(23,21-9-7-17-3-5-19(17)13-21)22-10-8-18-4-6-20(18)14-22/h7-14H,3-6H2,1-2H3. The Bertz CT molecular complexity index is 1230. The molecule has 7 rings (SSSR count). The minimum atomic E-state index is -0.157. The third-order valence-corrected chi connectivity index (χ3v) is 9.60. The number of hydrogen-bond donors (Lipinski definition) is 0. The van der Waals surface area contributed by atoms with E-state index in [1.165, 1.54) is 67.4 Å². The maximum absolute atomic E-state index is 2.52. The van der Waals surface area contributed by atoms with Gasteiger partial charge in [0.15, 0.2) is 0 Å². The molecule has 0 saturated carbocycles. The van der Waals surface area contributed by atoms with Crippen molar-refractivity contribution in [2.24, 2.45) is 0 Å². The van der Waals surface area contributed by atoms with Gasteiger partial charge in [0.05, 0.1) is 5.41 Å². The van der Waals surface area contributed by atoms with Crippen LogP contribution in [0.15, 0.2) is 48.5 Å². The van der Waals surface area contributed by atoms with Crippen molar-refractivity contribution in [2.75, 3.05) is 0 Å². The lowest BCUT2D eigenvalue weighted by Gasteiger charge is -2.35. The molecule has 0 bridgehead atoms. The van der Waals surface area contributed by atoms with Gasteiger partial charge in [-0.2, -0.15) is 0 Å². The van der Waals surface area contributed by atoms with Crippen molar-refractivity contribution in [3.8, 4) is 9.75 Å². The summed E-state index contributed by atoms with van der Waals surface area (Å²) in [6.07, 6.45) is 4.95. The van der Waals surface area contributed by atoms with Crippen molar-refractivity contribution in [1.29, 1.82) is 0 Å². The van der Waals surface area contributed by atoms with Gasteiger partial charge < -0.3 is 0 Å². The molecule has 0 atom stereocenters. The predicted octanol–water partition coefficient (Wildman–Crippen LogP) is 6.99. The van der Waals surface area contributed by atoms with E-state index in [0.29, 0.717) is 0 Å². The van der Waals surface area contributed by atoms with Gasteiger partial charge in [-0.3, -0.25) is 0 Å². The lowest BCUT2D eigenvalue weighted by Crippen LogP contribution is -2.30. The summed E-state index contributed by atoms with van der Waals surface area (Å²) in [6.45, 7) is 4.53. The Kier molecular flexibility index (Phi) is 3.15. The molecule has 0 aliphatic heterocycles. The number of aryl methyl sites for hydroxylation is 6. The Labute approximate surface area is 179 Å². The Morgan fingerprint density at radius 3 is 1.41 bits per heavy atom. The van der Waals surface area contributed by atoms with E-state index in [4.69, 9.17) is 0 Å². The number of hydrogen-bond acceptors (Lipinski definition) is 2. The molecule has 0 fully saturated rings. The minimum absolute atomic E-state index is 0.157. The van der Waals surface area contributed by atoms with Crippen molar-refractivity contribution < 1.29 is 0 Å². The summed E-state index contributed by atoms with van der Waals surface area (Å²) in [4.78, 5) is 5.84. The maximum Gasteiger partial charge on any atom is 0.0730 e. The molecule has 0 radical (unpaired) electrons. The highest BCUT2D eigenvalue weighted by atomic mass is 32.1. The van der Waals surface area contributed by atoms with Gasteiger partial charge in [0, 0.05) is 19.5 Å². The van der Waals surface area contributed by atoms with Gasteiger partial charge in [-0.15, -0.1) is 22.7 Å². The number of benzene rings is 2. The molecule has 2 heterocycles. The van der Waals surface area contributed by atoms with Crippen molar-refractivity contribution in [2.45, 2.75) is 44.9 Å². The van der Waals surface area contributed by atoms with Crippen LogP contribution in [0.3, 0.4) is 0 Å². The van der Waals surface area contributed by atoms with Crippen molar-refractivity contribution in [1.82, 2.24) is 0 Å². The zero-order valence-electron chi connectivity index (χ0n) is 16.8. The van der Waals surface area contributed by atoms with Crippen LogP contribution in [0.2, 0.25) is 0 Å². The fourth-order valence-corrected chi connectivity index (χ4v) is 8.01. The molecule has 142 valence electrons. The van der Waals surface area contributed by atoms with E-state index in [1.54, 1.807) is 22.3 Å². The van der Waals surface area contributed by atoms with Gasteiger partial charge in [0.2, 0.25) is 0 Å². The van der Waals surface area contributed by atoms with Crippen LogP contribution in [0.4, 0.5) is 0 Å². The van der Waals surface area contributed by atoms with Gasteiger partial charge in [0.1, 0.15) is 0 Å². The summed E-state index contributed by atoms with van der Waals surface area (Å²) in [5, 5.41) is 0. The zero-order valence-corrected chi connectivity index (χ0v) is 18.4. The summed E-state index contributed by atoms with van der Waals surface area (Å²) >= 11 is 3.96. The molecule has 29 heavy (non-hydrogen) atoms. The largest absolute Gasteiger partial charge is 0.139 e. The molecular formula is C27H22S2. The van der Waals surface area contributed by atoms with Crippen LogP contribution in [0.5, 0.6) is 0 Å². The lowest BCUT2D eigenvalue weighted by molar-refractivity contribution is 0.742. The molecule has 4 aromatic rings. The van der Waals surface area contributed by atoms with E-state index in [9.17, 15) is 0 Å².